The molecule has 0 radical (unpaired) electrons. The molecule has 0 N–H and O–H groups in total. The van der Waals surface area contributed by atoms with Crippen LogP contribution >= 0.6 is 0 Å². The van der Waals surface area contributed by atoms with E-state index in [0.29, 0.717) is 0 Å². The molecule has 1 fully saturated rings. The summed E-state index contributed by atoms with van der Waals surface area (Å²) >= 11 is 0. The van der Waals surface area contributed by atoms with Crippen LogP contribution in [0.1, 0.15) is 20.8 Å². The number of nitrogens with zero attached hydrogens (tertiary/aromatic N) is 1. The Hall–Kier alpha value is -1.38. The van der Waals surface area contributed by atoms with Crippen molar-refractivity contribution in [3.8, 4) is 0 Å². The number of rotatable bonds is 2. The zero-order valence-electron chi connectivity index (χ0n) is 14.0. The minimum absolute atomic E-state index is 0.286. The van der Waals surface area contributed by atoms with Crippen LogP contribution in [-0.2, 0) is 0 Å². The minimum Gasteiger partial charge on any atom is -0.299 e. The molecule has 1 aliphatic rings. The topological polar surface area (TPSA) is 3.24 Å². The summed E-state index contributed by atoms with van der Waals surface area (Å²) < 4.78 is 0. The van der Waals surface area contributed by atoms with Gasteiger partial charge in [-0.05, 0) is 45.9 Å². The second-order valence-corrected chi connectivity index (χ2v) is 11.8. The Morgan fingerprint density at radius 2 is 1.14 bits per heavy atom. The zero-order valence-corrected chi connectivity index (χ0v) is 15.0. The van der Waals surface area contributed by atoms with Crippen molar-refractivity contribution in [2.45, 2.75) is 38.4 Å². The summed E-state index contributed by atoms with van der Waals surface area (Å²) in [5.41, 5.74) is 0.286. The van der Waals surface area contributed by atoms with E-state index >= 15 is 0 Å². The summed E-state index contributed by atoms with van der Waals surface area (Å²) in [6.07, 6.45) is 0. The maximum absolute atomic E-state index is 2.66. The van der Waals surface area contributed by atoms with Gasteiger partial charge in [0.25, 0.3) is 0 Å². The number of hydrogen-bond donors (Lipinski definition) is 0. The van der Waals surface area contributed by atoms with E-state index in [4.69, 9.17) is 0 Å². The van der Waals surface area contributed by atoms with Gasteiger partial charge in [0.1, 0.15) is 8.07 Å². The van der Waals surface area contributed by atoms with Gasteiger partial charge in [-0.1, -0.05) is 71.0 Å². The first kappa shape index (κ1) is 15.5. The molecule has 0 amide bonds. The molecule has 116 valence electrons. The van der Waals surface area contributed by atoms with Gasteiger partial charge < -0.3 is 0 Å². The van der Waals surface area contributed by atoms with Gasteiger partial charge in [-0.2, -0.15) is 0 Å². The average Bonchev–Trinajstić information content (AvgIpc) is 2.56. The van der Waals surface area contributed by atoms with Gasteiger partial charge in [-0.15, -0.1) is 0 Å². The normalized spacial score (nSPS) is 19.0. The van der Waals surface area contributed by atoms with Crippen LogP contribution in [0.4, 0.5) is 0 Å². The van der Waals surface area contributed by atoms with E-state index in [-0.39, 0.29) is 5.54 Å². The van der Waals surface area contributed by atoms with Crippen LogP contribution < -0.4 is 10.4 Å². The van der Waals surface area contributed by atoms with E-state index in [0.717, 1.165) is 0 Å². The van der Waals surface area contributed by atoms with Crippen molar-refractivity contribution in [2.24, 2.45) is 0 Å². The van der Waals surface area contributed by atoms with E-state index in [9.17, 15) is 0 Å². The molecular weight excluding hydrogens is 282 g/mol. The van der Waals surface area contributed by atoms with Crippen LogP contribution in [0, 0.1) is 0 Å². The molecule has 0 atom stereocenters. The lowest BCUT2D eigenvalue weighted by molar-refractivity contribution is 0.146. The highest BCUT2D eigenvalue weighted by molar-refractivity contribution is 7.02. The summed E-state index contributed by atoms with van der Waals surface area (Å²) in [6.45, 7) is 9.46. The largest absolute Gasteiger partial charge is 0.299 e. The SMILES string of the molecule is CC(C)(C)N1CC[Si](c2ccccc2)(c2ccccc2)CC1. The van der Waals surface area contributed by atoms with E-state index in [1.807, 2.05) is 0 Å². The third-order valence-corrected chi connectivity index (χ3v) is 10.2. The van der Waals surface area contributed by atoms with Gasteiger partial charge in [-0.25, -0.2) is 0 Å². The molecular formula is C20H27NSi. The van der Waals surface area contributed by atoms with Gasteiger partial charge >= 0.3 is 0 Å². The molecule has 1 heterocycles. The van der Waals surface area contributed by atoms with Crippen molar-refractivity contribution in [3.05, 3.63) is 60.7 Å². The first-order valence-electron chi connectivity index (χ1n) is 8.38. The molecule has 2 heteroatoms. The standard InChI is InChI=1S/C20H27NSi/c1-20(2,3)21-14-16-22(17-15-21,18-10-6-4-7-11-18)19-12-8-5-9-13-19/h4-13H,14-17H2,1-3H3. The highest BCUT2D eigenvalue weighted by Crippen LogP contribution is 2.27. The van der Waals surface area contributed by atoms with Crippen molar-refractivity contribution in [2.75, 3.05) is 13.1 Å². The van der Waals surface area contributed by atoms with Crippen LogP contribution in [-0.4, -0.2) is 31.6 Å². The maximum Gasteiger partial charge on any atom is 0.120 e. The van der Waals surface area contributed by atoms with Crippen LogP contribution in [0.3, 0.4) is 0 Å². The Morgan fingerprint density at radius 3 is 1.50 bits per heavy atom. The van der Waals surface area contributed by atoms with Crippen molar-refractivity contribution < 1.29 is 0 Å². The maximum atomic E-state index is 2.66. The molecule has 0 spiro atoms. The fourth-order valence-electron chi connectivity index (χ4n) is 3.82. The first-order valence-corrected chi connectivity index (χ1v) is 10.8. The number of benzene rings is 2. The molecule has 0 unspecified atom stereocenters. The highest BCUT2D eigenvalue weighted by Gasteiger charge is 2.41. The van der Waals surface area contributed by atoms with E-state index in [1.165, 1.54) is 25.2 Å². The molecule has 1 saturated heterocycles. The Labute approximate surface area is 136 Å². The molecule has 0 aliphatic carbocycles. The molecule has 3 rings (SSSR count). The second-order valence-electron chi connectivity index (χ2n) is 7.47. The Kier molecular flexibility index (Phi) is 4.24. The predicted octanol–water partition coefficient (Wildman–Crippen LogP) is 3.36. The van der Waals surface area contributed by atoms with Crippen molar-refractivity contribution in [3.63, 3.8) is 0 Å². The Morgan fingerprint density at radius 1 is 0.727 bits per heavy atom. The fourth-order valence-corrected chi connectivity index (χ4v) is 8.52. The Balaban J connectivity index is 1.97. The smallest absolute Gasteiger partial charge is 0.120 e. The molecule has 1 nitrogen and oxygen atoms in total. The van der Waals surface area contributed by atoms with Crippen molar-refractivity contribution >= 4 is 18.4 Å². The Bertz CT molecular complexity index is 551. The lowest BCUT2D eigenvalue weighted by Gasteiger charge is -2.46. The molecule has 2 aromatic carbocycles. The summed E-state index contributed by atoms with van der Waals surface area (Å²) in [5, 5.41) is 3.21. The van der Waals surface area contributed by atoms with Crippen LogP contribution in [0.5, 0.6) is 0 Å². The summed E-state index contributed by atoms with van der Waals surface area (Å²) in [5.74, 6) is 0. The van der Waals surface area contributed by atoms with Gasteiger partial charge in [0.05, 0.1) is 0 Å². The number of hydrogen-bond acceptors (Lipinski definition) is 1. The molecule has 1 aliphatic heterocycles. The van der Waals surface area contributed by atoms with E-state index in [2.05, 4.69) is 86.3 Å². The van der Waals surface area contributed by atoms with Crippen molar-refractivity contribution in [1.29, 1.82) is 0 Å². The van der Waals surface area contributed by atoms with Crippen LogP contribution in [0.25, 0.3) is 0 Å². The van der Waals surface area contributed by atoms with Crippen molar-refractivity contribution in [1.82, 2.24) is 4.90 Å². The summed E-state index contributed by atoms with van der Waals surface area (Å²) in [4.78, 5) is 2.66. The highest BCUT2D eigenvalue weighted by atomic mass is 28.3. The predicted molar refractivity (Wildman–Crippen MR) is 98.8 cm³/mol. The quantitative estimate of drug-likeness (QED) is 0.769. The minimum atomic E-state index is -1.60. The summed E-state index contributed by atoms with van der Waals surface area (Å²) in [7, 11) is -1.60. The van der Waals surface area contributed by atoms with Gasteiger partial charge in [0, 0.05) is 5.54 Å². The second kappa shape index (κ2) is 6.02. The third kappa shape index (κ3) is 2.90. The molecule has 0 saturated carbocycles. The average molecular weight is 310 g/mol. The van der Waals surface area contributed by atoms with Gasteiger partial charge in [0.15, 0.2) is 0 Å². The lowest BCUT2D eigenvalue weighted by Crippen LogP contribution is -2.64. The fraction of sp³-hybridized carbons (Fsp3) is 0.400. The van der Waals surface area contributed by atoms with E-state index < -0.39 is 8.07 Å². The molecule has 22 heavy (non-hydrogen) atoms. The zero-order chi connectivity index (χ0) is 15.6. The first-order chi connectivity index (χ1) is 10.5. The molecule has 0 aromatic heterocycles. The van der Waals surface area contributed by atoms with Gasteiger partial charge in [0.2, 0.25) is 0 Å². The summed E-state index contributed by atoms with van der Waals surface area (Å²) in [6, 6.07) is 25.3. The van der Waals surface area contributed by atoms with Crippen LogP contribution in [0.15, 0.2) is 60.7 Å². The van der Waals surface area contributed by atoms with Gasteiger partial charge in [-0.3, -0.25) is 4.90 Å². The molecule has 2 aromatic rings. The monoisotopic (exact) mass is 309 g/mol. The third-order valence-electron chi connectivity index (χ3n) is 5.22. The molecule has 0 bridgehead atoms. The van der Waals surface area contributed by atoms with E-state index in [1.54, 1.807) is 10.4 Å². The van der Waals surface area contributed by atoms with Crippen LogP contribution in [0.2, 0.25) is 12.1 Å². The lowest BCUT2D eigenvalue weighted by atomic mass is 10.1.